The Hall–Kier alpha value is -3.31. The van der Waals surface area contributed by atoms with Gasteiger partial charge in [-0.1, -0.05) is 18.9 Å². The number of carbonyl (C=O) groups is 1. The molecule has 0 atom stereocenters. The third kappa shape index (κ3) is 4.05. The first kappa shape index (κ1) is 22.5. The minimum absolute atomic E-state index is 0.342. The fourth-order valence-electron chi connectivity index (χ4n) is 3.91. The lowest BCUT2D eigenvalue weighted by atomic mass is 9.89. The van der Waals surface area contributed by atoms with Crippen LogP contribution < -0.4 is 5.32 Å². The Kier molecular flexibility index (Phi) is 6.05. The maximum atomic E-state index is 11.6. The minimum Gasteiger partial charge on any atom is -0.386 e. The Morgan fingerprint density at radius 3 is 2.94 bits per heavy atom. The number of anilines is 2. The van der Waals surface area contributed by atoms with Gasteiger partial charge in [-0.25, -0.2) is 19.0 Å². The molecule has 1 fully saturated rings. The van der Waals surface area contributed by atoms with Gasteiger partial charge in [-0.3, -0.25) is 9.48 Å². The molecule has 0 saturated carbocycles. The SMILES string of the molecule is CCSN1CC(CC#N)(n2cc(-c3nc(Nc4cnn(C(=O)CO)c4)nc4ccsc34)cn2)C1. The minimum atomic E-state index is -0.630. The van der Waals surface area contributed by atoms with E-state index in [0.29, 0.717) is 18.1 Å². The van der Waals surface area contributed by atoms with Gasteiger partial charge in [0.15, 0.2) is 0 Å². The molecule has 5 heterocycles. The smallest absolute Gasteiger partial charge is 0.272 e. The van der Waals surface area contributed by atoms with Crippen LogP contribution in [0.15, 0.2) is 36.2 Å². The fourth-order valence-corrected chi connectivity index (χ4v) is 5.78. The van der Waals surface area contributed by atoms with Gasteiger partial charge in [0.2, 0.25) is 5.95 Å². The molecule has 4 aromatic heterocycles. The quantitative estimate of drug-likeness (QED) is 0.351. The number of rotatable bonds is 8. The molecule has 0 radical (unpaired) electrons. The Bertz CT molecular complexity index is 1380. The Labute approximate surface area is 203 Å². The van der Waals surface area contributed by atoms with Crippen LogP contribution in [0.2, 0.25) is 0 Å². The van der Waals surface area contributed by atoms with E-state index in [9.17, 15) is 10.1 Å². The number of aliphatic hydroxyl groups excluding tert-OH is 1. The lowest BCUT2D eigenvalue weighted by molar-refractivity contribution is 0.0802. The molecule has 0 aliphatic carbocycles. The van der Waals surface area contributed by atoms with E-state index in [1.165, 1.54) is 12.4 Å². The van der Waals surface area contributed by atoms with Crippen molar-refractivity contribution in [3.8, 4) is 17.3 Å². The molecule has 1 saturated heterocycles. The summed E-state index contributed by atoms with van der Waals surface area (Å²) < 4.78 is 6.15. The zero-order chi connectivity index (χ0) is 23.7. The van der Waals surface area contributed by atoms with Gasteiger partial charge in [0, 0.05) is 30.6 Å². The first-order valence-corrected chi connectivity index (χ1v) is 12.4. The van der Waals surface area contributed by atoms with E-state index in [4.69, 9.17) is 10.1 Å². The number of hydrogen-bond donors (Lipinski definition) is 2. The largest absolute Gasteiger partial charge is 0.386 e. The van der Waals surface area contributed by atoms with Gasteiger partial charge in [0.25, 0.3) is 5.91 Å². The molecule has 0 amide bonds. The van der Waals surface area contributed by atoms with Crippen LogP contribution in [0.1, 0.15) is 18.1 Å². The van der Waals surface area contributed by atoms with Gasteiger partial charge in [0.05, 0.1) is 52.7 Å². The van der Waals surface area contributed by atoms with E-state index < -0.39 is 12.5 Å². The van der Waals surface area contributed by atoms with Crippen LogP contribution in [0.5, 0.6) is 0 Å². The number of nitrogens with one attached hydrogen (secondary N) is 1. The topological polar surface area (TPSA) is 138 Å². The standard InChI is InChI=1S/C21H21N9O2S2/c1-2-34-28-12-21(13-28,4-5-22)30-9-14(7-24-30)18-19-16(3-6-33-19)26-20(27-18)25-15-8-23-29(10-15)17(32)11-31/h3,6-10,31H,2,4,11-13H2,1H3,(H,25,26,27). The summed E-state index contributed by atoms with van der Waals surface area (Å²) in [5.41, 5.74) is 2.53. The average Bonchev–Trinajstić information content (AvgIpc) is 3.57. The third-order valence-corrected chi connectivity index (χ3v) is 7.33. The number of nitrogens with zero attached hydrogens (tertiary/aromatic N) is 8. The molecule has 1 aliphatic heterocycles. The van der Waals surface area contributed by atoms with Crippen molar-refractivity contribution in [1.29, 1.82) is 5.26 Å². The molecular weight excluding hydrogens is 474 g/mol. The number of hydrogen-bond acceptors (Lipinski definition) is 11. The predicted octanol–water partition coefficient (Wildman–Crippen LogP) is 2.72. The molecule has 34 heavy (non-hydrogen) atoms. The lowest BCUT2D eigenvalue weighted by Gasteiger charge is -2.48. The molecule has 0 bridgehead atoms. The van der Waals surface area contributed by atoms with Gasteiger partial charge in [-0.05, 0) is 11.4 Å². The van der Waals surface area contributed by atoms with Crippen LogP contribution >= 0.6 is 23.3 Å². The van der Waals surface area contributed by atoms with Crippen molar-refractivity contribution in [1.82, 2.24) is 33.8 Å². The van der Waals surface area contributed by atoms with Crippen LogP contribution in [0.25, 0.3) is 21.5 Å². The predicted molar refractivity (Wildman–Crippen MR) is 130 cm³/mol. The summed E-state index contributed by atoms with van der Waals surface area (Å²) in [6, 6.07) is 4.24. The molecule has 11 nitrogen and oxygen atoms in total. The van der Waals surface area contributed by atoms with Gasteiger partial charge < -0.3 is 10.4 Å². The monoisotopic (exact) mass is 495 g/mol. The number of aliphatic hydroxyl groups is 1. The summed E-state index contributed by atoms with van der Waals surface area (Å²) in [6.07, 6.45) is 7.05. The molecule has 13 heteroatoms. The number of fused-ring (bicyclic) bond motifs is 1. The van der Waals surface area contributed by atoms with Crippen LogP contribution in [-0.2, 0) is 5.54 Å². The van der Waals surface area contributed by atoms with E-state index in [-0.39, 0.29) is 5.54 Å². The average molecular weight is 496 g/mol. The zero-order valence-electron chi connectivity index (χ0n) is 18.2. The highest BCUT2D eigenvalue weighted by Gasteiger charge is 2.45. The molecule has 0 spiro atoms. The van der Waals surface area contributed by atoms with Crippen molar-refractivity contribution in [3.63, 3.8) is 0 Å². The molecule has 4 aromatic rings. The second-order valence-corrected chi connectivity index (χ2v) is 10.1. The molecule has 2 N–H and O–H groups in total. The second kappa shape index (κ2) is 9.15. The second-order valence-electron chi connectivity index (χ2n) is 7.83. The van der Waals surface area contributed by atoms with Gasteiger partial charge in [-0.15, -0.1) is 11.3 Å². The van der Waals surface area contributed by atoms with Crippen LogP contribution in [0, 0.1) is 11.3 Å². The van der Waals surface area contributed by atoms with E-state index >= 15 is 0 Å². The summed E-state index contributed by atoms with van der Waals surface area (Å²) in [5.74, 6) is 0.812. The Balaban J connectivity index is 1.46. The number of nitriles is 1. The van der Waals surface area contributed by atoms with Crippen molar-refractivity contribution < 1.29 is 9.90 Å². The van der Waals surface area contributed by atoms with E-state index in [1.807, 2.05) is 22.3 Å². The highest BCUT2D eigenvalue weighted by atomic mass is 32.2. The van der Waals surface area contributed by atoms with Crippen molar-refractivity contribution in [2.45, 2.75) is 18.9 Å². The van der Waals surface area contributed by atoms with Crippen molar-refractivity contribution in [2.24, 2.45) is 0 Å². The van der Waals surface area contributed by atoms with E-state index in [0.717, 1.165) is 45.0 Å². The molecule has 0 unspecified atom stereocenters. The first-order valence-electron chi connectivity index (χ1n) is 10.6. The van der Waals surface area contributed by atoms with Gasteiger partial charge in [0.1, 0.15) is 12.1 Å². The molecule has 5 rings (SSSR count). The van der Waals surface area contributed by atoms with Crippen molar-refractivity contribution in [3.05, 3.63) is 36.2 Å². The summed E-state index contributed by atoms with van der Waals surface area (Å²) >= 11 is 3.31. The molecular formula is C21H21N9O2S2. The highest BCUT2D eigenvalue weighted by Crippen LogP contribution is 2.38. The highest BCUT2D eigenvalue weighted by molar-refractivity contribution is 7.97. The van der Waals surface area contributed by atoms with Gasteiger partial charge in [-0.2, -0.15) is 15.5 Å². The fraction of sp³-hybridized carbons (Fsp3) is 0.333. The first-order chi connectivity index (χ1) is 16.5. The zero-order valence-corrected chi connectivity index (χ0v) is 19.9. The number of aromatic nitrogens is 6. The molecule has 0 aromatic carbocycles. The lowest BCUT2D eigenvalue weighted by Crippen LogP contribution is -2.60. The summed E-state index contributed by atoms with van der Waals surface area (Å²) in [6.45, 7) is 3.02. The van der Waals surface area contributed by atoms with Crippen LogP contribution in [-0.4, -0.2) is 70.3 Å². The summed E-state index contributed by atoms with van der Waals surface area (Å²) in [7, 11) is 0. The Morgan fingerprint density at radius 2 is 2.18 bits per heavy atom. The molecule has 1 aliphatic rings. The van der Waals surface area contributed by atoms with E-state index in [1.54, 1.807) is 29.5 Å². The summed E-state index contributed by atoms with van der Waals surface area (Å²) in [5, 5.41) is 32.0. The van der Waals surface area contributed by atoms with Crippen LogP contribution in [0.4, 0.5) is 11.6 Å². The Morgan fingerprint density at radius 1 is 1.32 bits per heavy atom. The van der Waals surface area contributed by atoms with Crippen molar-refractivity contribution >= 4 is 51.0 Å². The van der Waals surface area contributed by atoms with Crippen molar-refractivity contribution in [2.75, 3.05) is 30.8 Å². The normalized spacial score (nSPS) is 15.2. The number of carbonyl (C=O) groups excluding carboxylic acids is 1. The third-order valence-electron chi connectivity index (χ3n) is 5.54. The number of thiophene rings is 1. The maximum absolute atomic E-state index is 11.6. The van der Waals surface area contributed by atoms with Crippen LogP contribution in [0.3, 0.4) is 0 Å². The maximum Gasteiger partial charge on any atom is 0.272 e. The van der Waals surface area contributed by atoms with E-state index in [2.05, 4.69) is 37.8 Å². The summed E-state index contributed by atoms with van der Waals surface area (Å²) in [4.78, 5) is 20.9. The van der Waals surface area contributed by atoms with Gasteiger partial charge >= 0.3 is 0 Å². The molecule has 174 valence electrons.